The Morgan fingerprint density at radius 1 is 1.39 bits per heavy atom. The van der Waals surface area contributed by atoms with E-state index in [4.69, 9.17) is 4.74 Å². The molecule has 1 aliphatic heterocycles. The highest BCUT2D eigenvalue weighted by molar-refractivity contribution is 7.91. The molecule has 0 radical (unpaired) electrons. The molecule has 6 heteroatoms. The minimum absolute atomic E-state index is 0.0942. The quantitative estimate of drug-likeness (QED) is 0.904. The van der Waals surface area contributed by atoms with E-state index in [1.54, 1.807) is 13.0 Å². The maximum atomic E-state index is 11.9. The first-order valence-corrected chi connectivity index (χ1v) is 7.43. The average Bonchev–Trinajstić information content (AvgIpc) is 2.30. The third kappa shape index (κ3) is 2.33. The Morgan fingerprint density at radius 2 is 2.11 bits per heavy atom. The molecule has 1 aromatic rings. The van der Waals surface area contributed by atoms with E-state index in [1.165, 1.54) is 12.1 Å². The van der Waals surface area contributed by atoms with Crippen LogP contribution in [0.2, 0.25) is 0 Å². The lowest BCUT2D eigenvalue weighted by Gasteiger charge is -2.23. The van der Waals surface area contributed by atoms with Crippen LogP contribution in [-0.2, 0) is 14.6 Å². The Labute approximate surface area is 106 Å². The minimum atomic E-state index is -3.28. The maximum Gasteiger partial charge on any atom is 0.265 e. The van der Waals surface area contributed by atoms with Crippen molar-refractivity contribution < 1.29 is 17.9 Å². The standard InChI is InChI=1S/C12H15NO4S/c1-3-6-18(15,16)9-4-5-11-10(7-9)13-12(14)8(2)17-11/h4-5,7-8H,3,6H2,1-2H3,(H,13,14). The Bertz CT molecular complexity index is 580. The van der Waals surface area contributed by atoms with Crippen LogP contribution in [0.4, 0.5) is 5.69 Å². The highest BCUT2D eigenvalue weighted by atomic mass is 32.2. The van der Waals surface area contributed by atoms with Crippen LogP contribution >= 0.6 is 0 Å². The molecule has 0 saturated carbocycles. The fourth-order valence-corrected chi connectivity index (χ4v) is 3.11. The van der Waals surface area contributed by atoms with E-state index >= 15 is 0 Å². The molecule has 98 valence electrons. The van der Waals surface area contributed by atoms with Crippen LogP contribution in [0.5, 0.6) is 5.75 Å². The van der Waals surface area contributed by atoms with Gasteiger partial charge in [-0.05, 0) is 31.5 Å². The van der Waals surface area contributed by atoms with Crippen molar-refractivity contribution in [2.24, 2.45) is 0 Å². The van der Waals surface area contributed by atoms with Crippen molar-refractivity contribution in [1.29, 1.82) is 0 Å². The van der Waals surface area contributed by atoms with Gasteiger partial charge in [0, 0.05) is 0 Å². The van der Waals surface area contributed by atoms with Crippen molar-refractivity contribution in [3.8, 4) is 5.75 Å². The SMILES string of the molecule is CCCS(=O)(=O)c1ccc2c(c1)NC(=O)C(C)O2. The van der Waals surface area contributed by atoms with Gasteiger partial charge in [-0.1, -0.05) is 6.92 Å². The van der Waals surface area contributed by atoms with Crippen molar-refractivity contribution in [2.45, 2.75) is 31.3 Å². The zero-order valence-corrected chi connectivity index (χ0v) is 11.1. The molecule has 0 fully saturated rings. The van der Waals surface area contributed by atoms with E-state index in [0.717, 1.165) is 0 Å². The molecule has 18 heavy (non-hydrogen) atoms. The molecular formula is C12H15NO4S. The third-order valence-corrected chi connectivity index (χ3v) is 4.63. The van der Waals surface area contributed by atoms with E-state index in [2.05, 4.69) is 5.32 Å². The van der Waals surface area contributed by atoms with Crippen molar-refractivity contribution in [2.75, 3.05) is 11.1 Å². The first-order chi connectivity index (χ1) is 8.44. The molecule has 0 aliphatic carbocycles. The number of anilines is 1. The Morgan fingerprint density at radius 3 is 2.78 bits per heavy atom. The van der Waals surface area contributed by atoms with E-state index < -0.39 is 15.9 Å². The number of rotatable bonds is 3. The van der Waals surface area contributed by atoms with Gasteiger partial charge in [0.15, 0.2) is 15.9 Å². The molecule has 5 nitrogen and oxygen atoms in total. The second-order valence-corrected chi connectivity index (χ2v) is 6.34. The van der Waals surface area contributed by atoms with Crippen LogP contribution < -0.4 is 10.1 Å². The van der Waals surface area contributed by atoms with Crippen LogP contribution in [0.1, 0.15) is 20.3 Å². The zero-order chi connectivity index (χ0) is 13.3. The zero-order valence-electron chi connectivity index (χ0n) is 10.3. The van der Waals surface area contributed by atoms with Crippen molar-refractivity contribution in [3.05, 3.63) is 18.2 Å². The van der Waals surface area contributed by atoms with Crippen LogP contribution in [0.25, 0.3) is 0 Å². The van der Waals surface area contributed by atoms with Gasteiger partial charge in [0.1, 0.15) is 5.75 Å². The van der Waals surface area contributed by atoms with Gasteiger partial charge >= 0.3 is 0 Å². The molecular weight excluding hydrogens is 254 g/mol. The molecule has 1 aromatic carbocycles. The third-order valence-electron chi connectivity index (χ3n) is 2.71. The summed E-state index contributed by atoms with van der Waals surface area (Å²) in [6.45, 7) is 3.45. The summed E-state index contributed by atoms with van der Waals surface area (Å²) >= 11 is 0. The van der Waals surface area contributed by atoms with Crippen molar-refractivity contribution >= 4 is 21.4 Å². The van der Waals surface area contributed by atoms with Gasteiger partial charge < -0.3 is 10.1 Å². The van der Waals surface area contributed by atoms with Gasteiger partial charge in [-0.15, -0.1) is 0 Å². The second kappa shape index (κ2) is 4.61. The summed E-state index contributed by atoms with van der Waals surface area (Å²) in [5.41, 5.74) is 0.412. The average molecular weight is 269 g/mol. The Hall–Kier alpha value is -1.56. The topological polar surface area (TPSA) is 72.5 Å². The van der Waals surface area contributed by atoms with Gasteiger partial charge in [0.05, 0.1) is 16.3 Å². The predicted molar refractivity (Wildman–Crippen MR) is 67.5 cm³/mol. The van der Waals surface area contributed by atoms with Gasteiger partial charge in [-0.2, -0.15) is 0 Å². The summed E-state index contributed by atoms with van der Waals surface area (Å²) in [5.74, 6) is 0.321. The Kier molecular flexibility index (Phi) is 3.30. The fraction of sp³-hybridized carbons (Fsp3) is 0.417. The molecule has 1 N–H and O–H groups in total. The normalized spacial score (nSPS) is 18.8. The largest absolute Gasteiger partial charge is 0.479 e. The highest BCUT2D eigenvalue weighted by Crippen LogP contribution is 2.32. The van der Waals surface area contributed by atoms with Crippen LogP contribution in [-0.4, -0.2) is 26.2 Å². The summed E-state index contributed by atoms with van der Waals surface area (Å²) in [4.78, 5) is 11.7. The summed E-state index contributed by atoms with van der Waals surface area (Å²) in [7, 11) is -3.28. The predicted octanol–water partition coefficient (Wildman–Crippen LogP) is 1.59. The van der Waals surface area contributed by atoms with Gasteiger partial charge in [0.25, 0.3) is 5.91 Å². The summed E-state index contributed by atoms with van der Waals surface area (Å²) in [6.07, 6.45) is -0.00476. The number of sulfone groups is 1. The molecule has 0 saturated heterocycles. The first kappa shape index (κ1) is 12.9. The van der Waals surface area contributed by atoms with Crippen molar-refractivity contribution in [1.82, 2.24) is 0 Å². The lowest BCUT2D eigenvalue weighted by Crippen LogP contribution is -2.34. The second-order valence-electron chi connectivity index (χ2n) is 4.23. The molecule has 1 atom stereocenters. The smallest absolute Gasteiger partial charge is 0.265 e. The summed E-state index contributed by atoms with van der Waals surface area (Å²) < 4.78 is 29.2. The molecule has 1 unspecified atom stereocenters. The van der Waals surface area contributed by atoms with E-state index in [9.17, 15) is 13.2 Å². The van der Waals surface area contributed by atoms with Crippen LogP contribution in [0.3, 0.4) is 0 Å². The number of hydrogen-bond acceptors (Lipinski definition) is 4. The van der Waals surface area contributed by atoms with Crippen molar-refractivity contribution in [3.63, 3.8) is 0 Å². The highest BCUT2D eigenvalue weighted by Gasteiger charge is 2.25. The van der Waals surface area contributed by atoms with Gasteiger partial charge in [-0.3, -0.25) is 4.79 Å². The lowest BCUT2D eigenvalue weighted by molar-refractivity contribution is -0.122. The number of ether oxygens (including phenoxy) is 1. The lowest BCUT2D eigenvalue weighted by atomic mass is 10.2. The first-order valence-electron chi connectivity index (χ1n) is 5.78. The maximum absolute atomic E-state index is 11.9. The monoisotopic (exact) mass is 269 g/mol. The number of nitrogens with one attached hydrogen (secondary N) is 1. The fourth-order valence-electron chi connectivity index (χ4n) is 1.77. The molecule has 0 aromatic heterocycles. The molecule has 1 heterocycles. The van der Waals surface area contributed by atoms with E-state index in [0.29, 0.717) is 17.9 Å². The van der Waals surface area contributed by atoms with Gasteiger partial charge in [-0.25, -0.2) is 8.42 Å². The number of carbonyl (C=O) groups excluding carboxylic acids is 1. The van der Waals surface area contributed by atoms with Crippen LogP contribution in [0, 0.1) is 0 Å². The van der Waals surface area contributed by atoms with E-state index in [-0.39, 0.29) is 16.6 Å². The minimum Gasteiger partial charge on any atom is -0.479 e. The number of amides is 1. The van der Waals surface area contributed by atoms with Gasteiger partial charge in [0.2, 0.25) is 0 Å². The van der Waals surface area contributed by atoms with Crippen LogP contribution in [0.15, 0.2) is 23.1 Å². The number of hydrogen-bond donors (Lipinski definition) is 1. The number of benzene rings is 1. The summed E-state index contributed by atoms with van der Waals surface area (Å²) in [6, 6.07) is 4.53. The summed E-state index contributed by atoms with van der Waals surface area (Å²) in [5, 5.41) is 2.64. The van der Waals surface area contributed by atoms with E-state index in [1.807, 2.05) is 6.92 Å². The Balaban J connectivity index is 2.39. The molecule has 2 rings (SSSR count). The molecule has 0 bridgehead atoms. The molecule has 1 aliphatic rings. The number of fused-ring (bicyclic) bond motifs is 1. The molecule has 0 spiro atoms. The molecule has 1 amide bonds. The number of carbonyl (C=O) groups is 1.